The Morgan fingerprint density at radius 2 is 1.97 bits per heavy atom. The Bertz CT molecular complexity index is 1010. The van der Waals surface area contributed by atoms with Crippen molar-refractivity contribution in [1.29, 1.82) is 0 Å². The first-order chi connectivity index (χ1) is 15.4. The molecule has 1 heterocycles. The van der Waals surface area contributed by atoms with Crippen molar-refractivity contribution in [2.24, 2.45) is 5.92 Å². The summed E-state index contributed by atoms with van der Waals surface area (Å²) in [7, 11) is 0. The van der Waals surface area contributed by atoms with Crippen LogP contribution in [0.25, 0.3) is 11.5 Å². The Labute approximate surface area is 189 Å². The van der Waals surface area contributed by atoms with Crippen LogP contribution >= 0.6 is 0 Å². The van der Waals surface area contributed by atoms with Crippen molar-refractivity contribution in [2.75, 3.05) is 6.61 Å². The lowest BCUT2D eigenvalue weighted by Crippen LogP contribution is -2.34. The number of hydrogen-bond acceptors (Lipinski definition) is 7. The first kappa shape index (κ1) is 24.3. The Morgan fingerprint density at radius 3 is 2.55 bits per heavy atom. The topological polar surface area (TPSA) is 120 Å². The Hall–Kier alpha value is -3.37. The Kier molecular flexibility index (Phi) is 7.09. The van der Waals surface area contributed by atoms with Gasteiger partial charge in [-0.25, -0.2) is 14.6 Å². The molecule has 180 valence electrons. The van der Waals surface area contributed by atoms with Crippen molar-refractivity contribution in [1.82, 2.24) is 10.3 Å². The van der Waals surface area contributed by atoms with Gasteiger partial charge in [-0.1, -0.05) is 0 Å². The van der Waals surface area contributed by atoms with E-state index < -0.39 is 36.0 Å². The van der Waals surface area contributed by atoms with E-state index in [4.69, 9.17) is 13.9 Å². The van der Waals surface area contributed by atoms with Gasteiger partial charge in [0.05, 0.1) is 12.6 Å². The maximum Gasteiger partial charge on any atom is 0.408 e. The predicted octanol–water partition coefficient (Wildman–Crippen LogP) is 5.02. The number of carboxylic acid groups (broad SMARTS) is 1. The normalized spacial score (nSPS) is 14.6. The zero-order valence-electron chi connectivity index (χ0n) is 18.7. The van der Waals surface area contributed by atoms with E-state index in [1.807, 2.05) is 0 Å². The summed E-state index contributed by atoms with van der Waals surface area (Å²) in [6.07, 6.45) is 1.24. The number of carbonyl (C=O) groups excluding carboxylic acids is 1. The minimum Gasteiger partial charge on any atom is -0.489 e. The van der Waals surface area contributed by atoms with Crippen molar-refractivity contribution in [3.05, 3.63) is 29.7 Å². The van der Waals surface area contributed by atoms with E-state index >= 15 is 0 Å². The van der Waals surface area contributed by atoms with Crippen LogP contribution in [0.5, 0.6) is 11.5 Å². The molecule has 0 radical (unpaired) electrons. The first-order valence-corrected chi connectivity index (χ1v) is 10.4. The number of benzene rings is 1. The van der Waals surface area contributed by atoms with E-state index in [-0.39, 0.29) is 23.1 Å². The molecule has 11 heteroatoms. The molecule has 33 heavy (non-hydrogen) atoms. The number of ether oxygens (including phenoxy) is 3. The summed E-state index contributed by atoms with van der Waals surface area (Å²) in [5.41, 5.74) is -0.854. The SMILES string of the molecule is CC(NC(=O)OC(C)(C)C)c1oc(-c2ccc(OC(F)F)c(OCC3CC3)c2)nc1C(=O)O. The standard InChI is InChI=1S/C22H26F2N2O7/c1-11(25-21(29)33-22(2,3)4)17-16(19(27)28)26-18(32-17)13-7-8-14(31-20(23)24)15(9-13)30-10-12-5-6-12/h7-9,11-12,20H,5-6,10H2,1-4H3,(H,25,29)(H,27,28). The van der Waals surface area contributed by atoms with E-state index in [9.17, 15) is 23.5 Å². The van der Waals surface area contributed by atoms with Gasteiger partial charge in [-0.15, -0.1) is 0 Å². The quantitative estimate of drug-likeness (QED) is 0.527. The fraction of sp³-hybridized carbons (Fsp3) is 0.500. The van der Waals surface area contributed by atoms with Gasteiger partial charge in [0, 0.05) is 5.56 Å². The van der Waals surface area contributed by atoms with E-state index in [2.05, 4.69) is 15.0 Å². The molecule has 1 aliphatic carbocycles. The van der Waals surface area contributed by atoms with E-state index in [1.165, 1.54) is 25.1 Å². The van der Waals surface area contributed by atoms with Gasteiger partial charge in [0.2, 0.25) is 5.89 Å². The molecular formula is C22H26F2N2O7. The molecule has 2 N–H and O–H groups in total. The van der Waals surface area contributed by atoms with Crippen LogP contribution in [0.4, 0.5) is 13.6 Å². The average Bonchev–Trinajstić information content (AvgIpc) is 3.40. The molecule has 2 aromatic rings. The number of halogens is 2. The van der Waals surface area contributed by atoms with Gasteiger partial charge >= 0.3 is 18.7 Å². The lowest BCUT2D eigenvalue weighted by molar-refractivity contribution is -0.0515. The number of oxazole rings is 1. The van der Waals surface area contributed by atoms with Crippen molar-refractivity contribution in [3.63, 3.8) is 0 Å². The maximum absolute atomic E-state index is 12.8. The van der Waals surface area contributed by atoms with Crippen LogP contribution < -0.4 is 14.8 Å². The van der Waals surface area contributed by atoms with Crippen molar-refractivity contribution < 1.29 is 42.1 Å². The van der Waals surface area contributed by atoms with Gasteiger partial charge in [-0.2, -0.15) is 8.78 Å². The molecule has 0 aliphatic heterocycles. The van der Waals surface area contributed by atoms with Gasteiger partial charge in [0.25, 0.3) is 0 Å². The summed E-state index contributed by atoms with van der Waals surface area (Å²) in [5, 5.41) is 12.1. The molecule has 1 saturated carbocycles. The number of hydrogen-bond donors (Lipinski definition) is 2. The number of aromatic nitrogens is 1. The summed E-state index contributed by atoms with van der Waals surface area (Å²) < 4.78 is 46.5. The number of rotatable bonds is 9. The highest BCUT2D eigenvalue weighted by Crippen LogP contribution is 2.37. The molecule has 1 atom stereocenters. The molecule has 1 unspecified atom stereocenters. The number of carbonyl (C=O) groups is 2. The van der Waals surface area contributed by atoms with Gasteiger partial charge in [0.1, 0.15) is 5.60 Å². The number of amides is 1. The summed E-state index contributed by atoms with van der Waals surface area (Å²) >= 11 is 0. The number of nitrogens with zero attached hydrogens (tertiary/aromatic N) is 1. The molecule has 1 aliphatic rings. The number of carboxylic acids is 1. The van der Waals surface area contributed by atoms with Crippen LogP contribution in [0.3, 0.4) is 0 Å². The summed E-state index contributed by atoms with van der Waals surface area (Å²) in [6.45, 7) is 3.90. The second-order valence-electron chi connectivity index (χ2n) is 8.70. The van der Waals surface area contributed by atoms with Gasteiger partial charge in [-0.05, 0) is 64.7 Å². The molecule has 3 rings (SSSR count). The third-order valence-corrected chi connectivity index (χ3v) is 4.56. The van der Waals surface area contributed by atoms with Crippen LogP contribution in [-0.4, -0.2) is 41.0 Å². The van der Waals surface area contributed by atoms with Crippen molar-refractivity contribution >= 4 is 12.1 Å². The summed E-state index contributed by atoms with van der Waals surface area (Å²) in [6, 6.07) is 3.19. The monoisotopic (exact) mass is 468 g/mol. The third-order valence-electron chi connectivity index (χ3n) is 4.56. The lowest BCUT2D eigenvalue weighted by atomic mass is 10.2. The molecule has 1 fully saturated rings. The van der Waals surface area contributed by atoms with Gasteiger partial charge in [-0.3, -0.25) is 0 Å². The van der Waals surface area contributed by atoms with Crippen LogP contribution in [-0.2, 0) is 4.74 Å². The van der Waals surface area contributed by atoms with Gasteiger partial charge < -0.3 is 29.1 Å². The molecule has 1 aromatic heterocycles. The number of alkyl halides is 2. The largest absolute Gasteiger partial charge is 0.489 e. The smallest absolute Gasteiger partial charge is 0.408 e. The second kappa shape index (κ2) is 9.63. The fourth-order valence-electron chi connectivity index (χ4n) is 2.89. The first-order valence-electron chi connectivity index (χ1n) is 10.4. The van der Waals surface area contributed by atoms with Crippen molar-refractivity contribution in [3.8, 4) is 23.0 Å². The van der Waals surface area contributed by atoms with Crippen LogP contribution in [0.1, 0.15) is 62.8 Å². The third kappa shape index (κ3) is 6.80. The molecule has 0 bridgehead atoms. The summed E-state index contributed by atoms with van der Waals surface area (Å²) in [5.74, 6) is -1.27. The molecule has 0 spiro atoms. The van der Waals surface area contributed by atoms with E-state index in [1.54, 1.807) is 20.8 Å². The Morgan fingerprint density at radius 1 is 1.27 bits per heavy atom. The minimum absolute atomic E-state index is 0.0660. The summed E-state index contributed by atoms with van der Waals surface area (Å²) in [4.78, 5) is 27.8. The van der Waals surface area contributed by atoms with Crippen LogP contribution in [0, 0.1) is 5.92 Å². The minimum atomic E-state index is -3.04. The van der Waals surface area contributed by atoms with E-state index in [0.717, 1.165) is 12.8 Å². The average molecular weight is 468 g/mol. The highest BCUT2D eigenvalue weighted by Gasteiger charge is 2.28. The number of nitrogens with one attached hydrogen (secondary N) is 1. The maximum atomic E-state index is 12.8. The van der Waals surface area contributed by atoms with Gasteiger partial charge in [0.15, 0.2) is 23.0 Å². The highest BCUT2D eigenvalue weighted by molar-refractivity contribution is 5.87. The zero-order chi connectivity index (χ0) is 24.3. The Balaban J connectivity index is 1.88. The molecule has 0 saturated heterocycles. The number of aromatic carboxylic acids is 1. The lowest BCUT2D eigenvalue weighted by Gasteiger charge is -2.21. The number of alkyl carbamates (subject to hydrolysis) is 1. The zero-order valence-corrected chi connectivity index (χ0v) is 18.7. The predicted molar refractivity (Wildman–Crippen MR) is 112 cm³/mol. The van der Waals surface area contributed by atoms with Crippen molar-refractivity contribution in [2.45, 2.75) is 58.8 Å². The van der Waals surface area contributed by atoms with Crippen LogP contribution in [0.15, 0.2) is 22.6 Å². The molecular weight excluding hydrogens is 442 g/mol. The fourth-order valence-corrected chi connectivity index (χ4v) is 2.89. The highest BCUT2D eigenvalue weighted by atomic mass is 19.3. The molecule has 9 nitrogen and oxygen atoms in total. The second-order valence-corrected chi connectivity index (χ2v) is 8.70. The van der Waals surface area contributed by atoms with Crippen LogP contribution in [0.2, 0.25) is 0 Å². The molecule has 1 amide bonds. The van der Waals surface area contributed by atoms with E-state index in [0.29, 0.717) is 18.1 Å². The molecule has 1 aromatic carbocycles.